The number of hydrogen-bond acceptors (Lipinski definition) is 2. The highest BCUT2D eigenvalue weighted by Crippen LogP contribution is 1.97. The summed E-state index contributed by atoms with van der Waals surface area (Å²) in [6, 6.07) is 0. The highest BCUT2D eigenvalue weighted by Gasteiger charge is 1.97. The van der Waals surface area contributed by atoms with Crippen molar-refractivity contribution in [3.05, 3.63) is 0 Å². The molecule has 0 spiro atoms. The smallest absolute Gasteiger partial charge is 0.0375 e. The van der Waals surface area contributed by atoms with Gasteiger partial charge in [-0.2, -0.15) is 5.10 Å². The van der Waals surface area contributed by atoms with Crippen LogP contribution in [0.2, 0.25) is 0 Å². The quantitative estimate of drug-likeness (QED) is 0.434. The summed E-state index contributed by atoms with van der Waals surface area (Å²) in [7, 11) is 1.99. The van der Waals surface area contributed by atoms with E-state index in [1.54, 1.807) is 0 Å². The van der Waals surface area contributed by atoms with E-state index in [1.807, 2.05) is 12.1 Å². The summed E-state index contributed by atoms with van der Waals surface area (Å²) < 4.78 is 0. The fraction of sp³-hybridized carbons (Fsp3) is 0.875. The molecule has 0 rings (SSSR count). The van der Waals surface area contributed by atoms with Crippen LogP contribution in [0.15, 0.2) is 5.10 Å². The first-order valence-electron chi connectivity index (χ1n) is 3.84. The molecular weight excluding hydrogens is 124 g/mol. The monoisotopic (exact) mass is 142 g/mol. The van der Waals surface area contributed by atoms with Crippen LogP contribution in [-0.4, -0.2) is 24.3 Å². The van der Waals surface area contributed by atoms with Crippen LogP contribution in [0, 0.1) is 5.92 Å². The molecule has 2 nitrogen and oxygen atoms in total. The molecule has 0 heterocycles. The molecule has 0 saturated carbocycles. The third-order valence-corrected chi connectivity index (χ3v) is 1.62. The minimum atomic E-state index is 0.564. The van der Waals surface area contributed by atoms with E-state index in [-0.39, 0.29) is 0 Å². The first-order valence-corrected chi connectivity index (χ1v) is 3.84. The standard InChI is InChI=1S/C8H18N2/c1-6-10(5)9-8(4)7(2)3/h7H,6H2,1-5H3/b9-8+. The van der Waals surface area contributed by atoms with E-state index < -0.39 is 0 Å². The summed E-state index contributed by atoms with van der Waals surface area (Å²) in [6.07, 6.45) is 0. The zero-order chi connectivity index (χ0) is 8.15. The van der Waals surface area contributed by atoms with Gasteiger partial charge >= 0.3 is 0 Å². The SMILES string of the molecule is CCN(C)/N=C(\C)C(C)C. The Balaban J connectivity index is 3.89. The maximum Gasteiger partial charge on any atom is 0.0375 e. The Bertz CT molecular complexity index is 116. The molecule has 0 aliphatic rings. The third kappa shape index (κ3) is 3.49. The van der Waals surface area contributed by atoms with E-state index in [1.165, 1.54) is 5.71 Å². The number of rotatable bonds is 3. The van der Waals surface area contributed by atoms with E-state index in [4.69, 9.17) is 0 Å². The first kappa shape index (κ1) is 9.47. The van der Waals surface area contributed by atoms with Crippen molar-refractivity contribution in [2.45, 2.75) is 27.7 Å². The molecule has 0 aliphatic heterocycles. The van der Waals surface area contributed by atoms with Gasteiger partial charge in [-0.05, 0) is 19.8 Å². The molecule has 0 radical (unpaired) electrons. The third-order valence-electron chi connectivity index (χ3n) is 1.62. The molecule has 0 N–H and O–H groups in total. The van der Waals surface area contributed by atoms with Gasteiger partial charge in [0.2, 0.25) is 0 Å². The molecule has 0 aromatic carbocycles. The lowest BCUT2D eigenvalue weighted by atomic mass is 10.1. The van der Waals surface area contributed by atoms with Gasteiger partial charge in [0, 0.05) is 19.3 Å². The summed E-state index contributed by atoms with van der Waals surface area (Å²) in [5.41, 5.74) is 1.20. The predicted octanol–water partition coefficient (Wildman–Crippen LogP) is 1.97. The summed E-state index contributed by atoms with van der Waals surface area (Å²) in [4.78, 5) is 0. The van der Waals surface area contributed by atoms with Crippen molar-refractivity contribution in [3.63, 3.8) is 0 Å². The Morgan fingerprint density at radius 3 is 2.30 bits per heavy atom. The van der Waals surface area contributed by atoms with Crippen molar-refractivity contribution < 1.29 is 0 Å². The second-order valence-electron chi connectivity index (χ2n) is 2.87. The van der Waals surface area contributed by atoms with Crippen LogP contribution in [0.3, 0.4) is 0 Å². The molecule has 0 amide bonds. The van der Waals surface area contributed by atoms with Gasteiger partial charge < -0.3 is 5.01 Å². The van der Waals surface area contributed by atoms with Crippen molar-refractivity contribution in [1.29, 1.82) is 0 Å². The van der Waals surface area contributed by atoms with E-state index in [0.29, 0.717) is 5.92 Å². The maximum atomic E-state index is 4.34. The van der Waals surface area contributed by atoms with Gasteiger partial charge in [-0.15, -0.1) is 0 Å². The van der Waals surface area contributed by atoms with Crippen molar-refractivity contribution in [1.82, 2.24) is 5.01 Å². The Hall–Kier alpha value is -0.530. The Morgan fingerprint density at radius 2 is 2.00 bits per heavy atom. The maximum absolute atomic E-state index is 4.34. The summed E-state index contributed by atoms with van der Waals surface area (Å²) in [5, 5.41) is 6.30. The Morgan fingerprint density at radius 1 is 1.50 bits per heavy atom. The van der Waals surface area contributed by atoms with Gasteiger partial charge in [0.15, 0.2) is 0 Å². The topological polar surface area (TPSA) is 15.6 Å². The van der Waals surface area contributed by atoms with Crippen LogP contribution in [-0.2, 0) is 0 Å². The molecule has 0 unspecified atom stereocenters. The Labute approximate surface area is 63.9 Å². The molecule has 60 valence electrons. The molecule has 0 saturated heterocycles. The molecular formula is C8H18N2. The van der Waals surface area contributed by atoms with Gasteiger partial charge in [0.1, 0.15) is 0 Å². The van der Waals surface area contributed by atoms with Crippen molar-refractivity contribution >= 4 is 5.71 Å². The van der Waals surface area contributed by atoms with Crippen molar-refractivity contribution in [2.24, 2.45) is 11.0 Å². The second kappa shape index (κ2) is 4.31. The summed E-state index contributed by atoms with van der Waals surface area (Å²) in [5.74, 6) is 0.564. The van der Waals surface area contributed by atoms with Crippen LogP contribution in [0.4, 0.5) is 0 Å². The molecule has 0 aromatic heterocycles. The molecule has 2 heteroatoms. The molecule has 0 aliphatic carbocycles. The highest BCUT2D eigenvalue weighted by molar-refractivity contribution is 5.83. The van der Waals surface area contributed by atoms with E-state index >= 15 is 0 Å². The van der Waals surface area contributed by atoms with E-state index in [2.05, 4.69) is 32.8 Å². The van der Waals surface area contributed by atoms with Gasteiger partial charge in [-0.25, -0.2) is 0 Å². The zero-order valence-corrected chi connectivity index (χ0v) is 7.68. The minimum Gasteiger partial charge on any atom is -0.300 e. The average molecular weight is 142 g/mol. The number of nitrogens with zero attached hydrogens (tertiary/aromatic N) is 2. The molecule has 0 atom stereocenters. The lowest BCUT2D eigenvalue weighted by Gasteiger charge is -2.12. The molecule has 0 fully saturated rings. The second-order valence-corrected chi connectivity index (χ2v) is 2.87. The first-order chi connectivity index (χ1) is 4.57. The van der Waals surface area contributed by atoms with Crippen LogP contribution in [0.1, 0.15) is 27.7 Å². The van der Waals surface area contributed by atoms with Crippen molar-refractivity contribution in [2.75, 3.05) is 13.6 Å². The lowest BCUT2D eigenvalue weighted by Crippen LogP contribution is -2.14. The normalized spacial score (nSPS) is 12.4. The van der Waals surface area contributed by atoms with Crippen molar-refractivity contribution in [3.8, 4) is 0 Å². The van der Waals surface area contributed by atoms with Gasteiger partial charge in [-0.3, -0.25) is 0 Å². The van der Waals surface area contributed by atoms with Crippen LogP contribution >= 0.6 is 0 Å². The van der Waals surface area contributed by atoms with Gasteiger partial charge in [0.25, 0.3) is 0 Å². The van der Waals surface area contributed by atoms with Gasteiger partial charge in [0.05, 0.1) is 0 Å². The minimum absolute atomic E-state index is 0.564. The molecule has 0 aromatic rings. The van der Waals surface area contributed by atoms with Crippen LogP contribution in [0.25, 0.3) is 0 Å². The fourth-order valence-corrected chi connectivity index (χ4v) is 0.455. The van der Waals surface area contributed by atoms with E-state index in [9.17, 15) is 0 Å². The average Bonchev–Trinajstić information content (AvgIpc) is 1.87. The molecule has 0 bridgehead atoms. The number of hydrogen-bond donors (Lipinski definition) is 0. The largest absolute Gasteiger partial charge is 0.300 e. The van der Waals surface area contributed by atoms with Crippen LogP contribution < -0.4 is 0 Å². The summed E-state index contributed by atoms with van der Waals surface area (Å²) >= 11 is 0. The highest BCUT2D eigenvalue weighted by atomic mass is 15.4. The lowest BCUT2D eigenvalue weighted by molar-refractivity contribution is 0.372. The summed E-state index contributed by atoms with van der Waals surface area (Å²) in [6.45, 7) is 9.45. The molecule has 10 heavy (non-hydrogen) atoms. The predicted molar refractivity (Wildman–Crippen MR) is 46.3 cm³/mol. The van der Waals surface area contributed by atoms with Crippen LogP contribution in [0.5, 0.6) is 0 Å². The Kier molecular flexibility index (Phi) is 4.08. The van der Waals surface area contributed by atoms with Gasteiger partial charge in [-0.1, -0.05) is 13.8 Å². The number of hydrazone groups is 1. The fourth-order valence-electron chi connectivity index (χ4n) is 0.455. The zero-order valence-electron chi connectivity index (χ0n) is 7.68. The van der Waals surface area contributed by atoms with E-state index in [0.717, 1.165) is 6.54 Å².